The zero-order valence-electron chi connectivity index (χ0n) is 5.49. The zero-order chi connectivity index (χ0) is 7.72. The van der Waals surface area contributed by atoms with Crippen LogP contribution in [0.2, 0.25) is 5.02 Å². The van der Waals surface area contributed by atoms with E-state index in [1.165, 1.54) is 0 Å². The topological polar surface area (TPSA) is 26.0 Å². The van der Waals surface area contributed by atoms with Gasteiger partial charge < -0.3 is 5.73 Å². The maximum absolute atomic E-state index is 5.83. The number of halogens is 2. The molecule has 0 amide bonds. The van der Waals surface area contributed by atoms with Crippen LogP contribution in [0.25, 0.3) is 0 Å². The average Bonchev–Trinajstić information content (AvgIpc) is 1.82. The lowest BCUT2D eigenvalue weighted by molar-refractivity contribution is 1.43. The first-order valence-corrected chi connectivity index (χ1v) is 4.28. The fraction of sp³-hybridized carbons (Fsp3) is 0.143. The maximum Gasteiger partial charge on any atom is 0.0562 e. The molecule has 2 N–H and O–H groups in total. The Labute approximate surface area is 78.7 Å². The summed E-state index contributed by atoms with van der Waals surface area (Å²) >= 11 is 8.03. The molecule has 0 unspecified atom stereocenters. The maximum atomic E-state index is 5.83. The van der Waals surface area contributed by atoms with Crippen molar-refractivity contribution in [1.29, 1.82) is 0 Å². The van der Waals surface area contributed by atoms with Crippen molar-refractivity contribution in [3.8, 4) is 0 Å². The molecule has 0 heterocycles. The highest BCUT2D eigenvalue weighted by molar-refractivity contribution is 14.1. The molecule has 0 spiro atoms. The molecule has 0 atom stereocenters. The van der Waals surface area contributed by atoms with Crippen LogP contribution in [-0.2, 0) is 0 Å². The minimum atomic E-state index is 0.725. The van der Waals surface area contributed by atoms with Crippen molar-refractivity contribution in [2.75, 3.05) is 5.73 Å². The van der Waals surface area contributed by atoms with Gasteiger partial charge in [0.2, 0.25) is 0 Å². The minimum absolute atomic E-state index is 0.725. The van der Waals surface area contributed by atoms with Gasteiger partial charge in [-0.25, -0.2) is 0 Å². The first-order valence-electron chi connectivity index (χ1n) is 2.82. The van der Waals surface area contributed by atoms with E-state index in [0.717, 1.165) is 19.8 Å². The molecule has 0 radical (unpaired) electrons. The molecule has 0 aliphatic rings. The molecule has 1 nitrogen and oxygen atoms in total. The summed E-state index contributed by atoms with van der Waals surface area (Å²) in [6.07, 6.45) is 0. The van der Waals surface area contributed by atoms with Crippen LogP contribution in [0.15, 0.2) is 12.1 Å². The Morgan fingerprint density at radius 3 is 2.60 bits per heavy atom. The lowest BCUT2D eigenvalue weighted by Gasteiger charge is -2.01. The summed E-state index contributed by atoms with van der Waals surface area (Å²) in [6.45, 7) is 1.99. The molecule has 0 aliphatic carbocycles. The van der Waals surface area contributed by atoms with Crippen LogP contribution in [0.5, 0.6) is 0 Å². The Bertz CT molecular complexity index is 237. The molecule has 1 aromatic carbocycles. The van der Waals surface area contributed by atoms with E-state index >= 15 is 0 Å². The SMILES string of the molecule is Cc1cc(N)cc(Cl)c1I. The molecule has 1 rings (SSSR count). The van der Waals surface area contributed by atoms with Gasteiger partial charge in [-0.3, -0.25) is 0 Å². The van der Waals surface area contributed by atoms with Crippen molar-refractivity contribution in [3.05, 3.63) is 26.3 Å². The van der Waals surface area contributed by atoms with Gasteiger partial charge >= 0.3 is 0 Å². The summed E-state index contributed by atoms with van der Waals surface area (Å²) in [5, 5.41) is 0.734. The predicted molar refractivity (Wildman–Crippen MR) is 53.3 cm³/mol. The molecule has 0 bridgehead atoms. The summed E-state index contributed by atoms with van der Waals surface area (Å²) in [6, 6.07) is 3.67. The quantitative estimate of drug-likeness (QED) is 0.568. The second-order valence-electron chi connectivity index (χ2n) is 2.13. The fourth-order valence-electron chi connectivity index (χ4n) is 0.753. The molecular formula is C7H7ClIN. The molecule has 0 aliphatic heterocycles. The van der Waals surface area contributed by atoms with Crippen LogP contribution in [0, 0.1) is 10.5 Å². The third-order valence-electron chi connectivity index (χ3n) is 1.23. The monoisotopic (exact) mass is 267 g/mol. The lowest BCUT2D eigenvalue weighted by atomic mass is 10.2. The van der Waals surface area contributed by atoms with E-state index in [1.54, 1.807) is 6.07 Å². The summed E-state index contributed by atoms with van der Waals surface area (Å²) in [5.41, 5.74) is 7.40. The molecular weight excluding hydrogens is 260 g/mol. The second kappa shape index (κ2) is 2.96. The Morgan fingerprint density at radius 2 is 2.10 bits per heavy atom. The number of benzene rings is 1. The van der Waals surface area contributed by atoms with Crippen LogP contribution in [-0.4, -0.2) is 0 Å². The Morgan fingerprint density at radius 1 is 1.50 bits per heavy atom. The van der Waals surface area contributed by atoms with Crippen molar-refractivity contribution >= 4 is 39.9 Å². The summed E-state index contributed by atoms with van der Waals surface area (Å²) in [5.74, 6) is 0. The van der Waals surface area contributed by atoms with Gasteiger partial charge in [0.05, 0.1) is 5.02 Å². The minimum Gasteiger partial charge on any atom is -0.399 e. The van der Waals surface area contributed by atoms with Gasteiger partial charge in [-0.05, 0) is 47.2 Å². The van der Waals surface area contributed by atoms with E-state index < -0.39 is 0 Å². The highest BCUT2D eigenvalue weighted by Gasteiger charge is 2.00. The Balaban J connectivity index is 3.31. The summed E-state index contributed by atoms with van der Waals surface area (Å²) < 4.78 is 1.08. The molecule has 0 aromatic heterocycles. The molecule has 10 heavy (non-hydrogen) atoms. The highest BCUT2D eigenvalue weighted by atomic mass is 127. The molecule has 3 heteroatoms. The smallest absolute Gasteiger partial charge is 0.0562 e. The highest BCUT2D eigenvalue weighted by Crippen LogP contribution is 2.24. The third-order valence-corrected chi connectivity index (χ3v) is 3.28. The number of hydrogen-bond acceptors (Lipinski definition) is 1. The van der Waals surface area contributed by atoms with Crippen molar-refractivity contribution in [1.82, 2.24) is 0 Å². The molecule has 0 saturated carbocycles. The van der Waals surface area contributed by atoms with E-state index in [2.05, 4.69) is 22.6 Å². The number of anilines is 1. The van der Waals surface area contributed by atoms with Gasteiger partial charge in [-0.2, -0.15) is 0 Å². The Hall–Kier alpha value is 0.0400. The lowest BCUT2D eigenvalue weighted by Crippen LogP contribution is -1.88. The number of nitrogen functional groups attached to an aromatic ring is 1. The van der Waals surface area contributed by atoms with E-state index in [0.29, 0.717) is 0 Å². The first kappa shape index (κ1) is 8.14. The van der Waals surface area contributed by atoms with Crippen LogP contribution in [0.4, 0.5) is 5.69 Å². The Kier molecular flexibility index (Phi) is 2.41. The largest absolute Gasteiger partial charge is 0.399 e. The number of rotatable bonds is 0. The summed E-state index contributed by atoms with van der Waals surface area (Å²) in [7, 11) is 0. The van der Waals surface area contributed by atoms with E-state index in [-0.39, 0.29) is 0 Å². The van der Waals surface area contributed by atoms with Crippen LogP contribution < -0.4 is 5.73 Å². The van der Waals surface area contributed by atoms with Gasteiger partial charge in [-0.15, -0.1) is 0 Å². The van der Waals surface area contributed by atoms with Gasteiger partial charge in [0.25, 0.3) is 0 Å². The predicted octanol–water partition coefficient (Wildman–Crippen LogP) is 2.84. The molecule has 1 aromatic rings. The molecule has 0 fully saturated rings. The van der Waals surface area contributed by atoms with Gasteiger partial charge in [0, 0.05) is 9.26 Å². The molecule has 0 saturated heterocycles. The number of hydrogen-bond donors (Lipinski definition) is 1. The van der Waals surface area contributed by atoms with Crippen LogP contribution in [0.1, 0.15) is 5.56 Å². The van der Waals surface area contributed by atoms with Crippen molar-refractivity contribution in [3.63, 3.8) is 0 Å². The van der Waals surface area contributed by atoms with Crippen LogP contribution >= 0.6 is 34.2 Å². The summed E-state index contributed by atoms with van der Waals surface area (Å²) in [4.78, 5) is 0. The zero-order valence-corrected chi connectivity index (χ0v) is 8.40. The van der Waals surface area contributed by atoms with Crippen molar-refractivity contribution < 1.29 is 0 Å². The second-order valence-corrected chi connectivity index (χ2v) is 3.62. The van der Waals surface area contributed by atoms with Gasteiger partial charge in [-0.1, -0.05) is 11.6 Å². The third kappa shape index (κ3) is 1.55. The normalized spacial score (nSPS) is 9.90. The van der Waals surface area contributed by atoms with Crippen molar-refractivity contribution in [2.24, 2.45) is 0 Å². The number of aryl methyl sites for hydroxylation is 1. The first-order chi connectivity index (χ1) is 4.61. The van der Waals surface area contributed by atoms with E-state index in [9.17, 15) is 0 Å². The van der Waals surface area contributed by atoms with Gasteiger partial charge in [0.1, 0.15) is 0 Å². The van der Waals surface area contributed by atoms with E-state index in [1.807, 2.05) is 13.0 Å². The van der Waals surface area contributed by atoms with Crippen LogP contribution in [0.3, 0.4) is 0 Å². The number of nitrogens with two attached hydrogens (primary N) is 1. The van der Waals surface area contributed by atoms with E-state index in [4.69, 9.17) is 17.3 Å². The fourth-order valence-corrected chi connectivity index (χ4v) is 1.34. The standard InChI is InChI=1S/C7H7ClIN/c1-4-2-5(10)3-6(8)7(4)9/h2-3H,10H2,1H3. The molecule has 54 valence electrons. The van der Waals surface area contributed by atoms with Gasteiger partial charge in [0.15, 0.2) is 0 Å². The average molecular weight is 267 g/mol. The van der Waals surface area contributed by atoms with Crippen molar-refractivity contribution in [2.45, 2.75) is 6.92 Å².